The number of amides is 4. The zero-order valence-corrected chi connectivity index (χ0v) is 35.8. The Morgan fingerprint density at radius 3 is 2.51 bits per heavy atom. The number of hydrogen-bond donors (Lipinski definition) is 3. The summed E-state index contributed by atoms with van der Waals surface area (Å²) in [6, 6.07) is 13.3. The van der Waals surface area contributed by atoms with Crippen LogP contribution in [0.1, 0.15) is 83.6 Å². The van der Waals surface area contributed by atoms with Crippen molar-refractivity contribution < 1.29 is 41.8 Å². The minimum absolute atomic E-state index is 0.0164. The molecule has 4 bridgehead atoms. The molecule has 324 valence electrons. The molecule has 2 aromatic carbocycles. The van der Waals surface area contributed by atoms with Gasteiger partial charge in [-0.1, -0.05) is 75.2 Å². The third-order valence-corrected chi connectivity index (χ3v) is 14.7. The Labute approximate surface area is 356 Å². The maximum absolute atomic E-state index is 15.0. The monoisotopic (exact) mass is 853 g/mol. The van der Waals surface area contributed by atoms with Crippen LogP contribution < -0.4 is 24.8 Å². The number of nitrogens with zero attached hydrogens (tertiary/aromatic N) is 2. The van der Waals surface area contributed by atoms with Crippen LogP contribution >= 0.6 is 0 Å². The first-order chi connectivity index (χ1) is 29.2. The van der Waals surface area contributed by atoms with Crippen LogP contribution in [0, 0.1) is 17.3 Å². The van der Waals surface area contributed by atoms with Crippen LogP contribution in [-0.4, -0.2) is 91.4 Å². The fraction of sp³-hybridized carbons (Fsp3) is 0.500. The summed E-state index contributed by atoms with van der Waals surface area (Å²) >= 11 is 0. The Hall–Kier alpha value is -5.44. The number of ether oxygens (including phenoxy) is 3. The van der Waals surface area contributed by atoms with Crippen LogP contribution in [0.25, 0.3) is 28.2 Å². The van der Waals surface area contributed by atoms with Crippen molar-refractivity contribution in [2.24, 2.45) is 17.3 Å². The summed E-state index contributed by atoms with van der Waals surface area (Å²) in [5.41, 5.74) is 0.981. The second-order valence-electron chi connectivity index (χ2n) is 18.0. The molecule has 15 heteroatoms. The van der Waals surface area contributed by atoms with E-state index in [0.29, 0.717) is 66.6 Å². The zero-order valence-electron chi connectivity index (χ0n) is 35.0. The number of aromatic nitrogens is 1. The number of cyclic esters (lactones) is 1. The molecule has 61 heavy (non-hydrogen) atoms. The number of nitrogens with one attached hydrogen (secondary N) is 3. The van der Waals surface area contributed by atoms with Crippen molar-refractivity contribution >= 4 is 50.8 Å². The highest BCUT2D eigenvalue weighted by Crippen LogP contribution is 2.46. The summed E-state index contributed by atoms with van der Waals surface area (Å²) in [4.78, 5) is 63.3. The zero-order chi connectivity index (χ0) is 43.1. The fourth-order valence-electron chi connectivity index (χ4n) is 9.01. The van der Waals surface area contributed by atoms with Crippen molar-refractivity contribution in [3.63, 3.8) is 0 Å². The van der Waals surface area contributed by atoms with Gasteiger partial charge in [-0.15, -0.1) is 6.58 Å². The van der Waals surface area contributed by atoms with E-state index in [9.17, 15) is 27.6 Å². The molecule has 4 amide bonds. The van der Waals surface area contributed by atoms with Gasteiger partial charge in [0.25, 0.3) is 5.91 Å². The molecule has 3 heterocycles. The Morgan fingerprint density at radius 2 is 1.82 bits per heavy atom. The molecular formula is C46H55N5O9S. The molecule has 5 aliphatic rings. The second kappa shape index (κ2) is 16.8. The van der Waals surface area contributed by atoms with Crippen LogP contribution in [0.5, 0.6) is 11.5 Å². The average Bonchev–Trinajstić information content (AvgIpc) is 4.12. The molecule has 0 unspecified atom stereocenters. The van der Waals surface area contributed by atoms with Gasteiger partial charge in [0.1, 0.15) is 35.2 Å². The number of rotatable bonds is 9. The van der Waals surface area contributed by atoms with Gasteiger partial charge in [-0.2, -0.15) is 0 Å². The Bertz CT molecular complexity index is 2360. The Balaban J connectivity index is 1.19. The first-order valence-corrected chi connectivity index (χ1v) is 22.9. The van der Waals surface area contributed by atoms with Gasteiger partial charge in [0.05, 0.1) is 36.7 Å². The van der Waals surface area contributed by atoms with Crippen molar-refractivity contribution in [3.8, 4) is 22.8 Å². The quantitative estimate of drug-likeness (QED) is 0.215. The standard InChI is InChI=1S/C46H55N5O9S/c1-5-31-25-46(31,43(54)50-61(56,57)33-18-19-33)49-41(52)37-22-32-26-51(37)42(53)40(29-15-9-10-16-29)48-44(55)59-27-45(2,3)20-12-11-17-30-21-34-36(24-38(30)58-4)47-35(23-39(34)60-32)28-13-7-6-8-14-28/h5-8,11,13-14,17,21,23-24,29,31-33,37,40H,1,9-10,12,15-16,18-20,22,25-27H2,2-4H3,(H,48,55)(H,49,52)(H,50,54)/b17-11-/t31-,32-,37+,40+,46-/m1/s1. The minimum Gasteiger partial charge on any atom is -0.496 e. The molecular weight excluding hydrogens is 799 g/mol. The molecule has 2 aliphatic heterocycles. The number of fused-ring (bicyclic) bond motifs is 3. The summed E-state index contributed by atoms with van der Waals surface area (Å²) in [6.45, 7) is 7.97. The molecule has 1 aromatic heterocycles. The minimum atomic E-state index is -3.92. The lowest BCUT2D eigenvalue weighted by Crippen LogP contribution is -2.59. The summed E-state index contributed by atoms with van der Waals surface area (Å²) in [5.74, 6) is -1.54. The number of sulfonamides is 1. The lowest BCUT2D eigenvalue weighted by Gasteiger charge is -2.32. The van der Waals surface area contributed by atoms with Gasteiger partial charge in [0.2, 0.25) is 21.8 Å². The fourth-order valence-corrected chi connectivity index (χ4v) is 10.4. The average molecular weight is 854 g/mol. The summed E-state index contributed by atoms with van der Waals surface area (Å²) in [5, 5.41) is 5.82. The highest BCUT2D eigenvalue weighted by molar-refractivity contribution is 7.91. The van der Waals surface area contributed by atoms with E-state index in [0.717, 1.165) is 24.0 Å². The summed E-state index contributed by atoms with van der Waals surface area (Å²) < 4.78 is 46.4. The van der Waals surface area contributed by atoms with Crippen molar-refractivity contribution in [1.82, 2.24) is 25.2 Å². The van der Waals surface area contributed by atoms with E-state index < -0.39 is 68.7 Å². The highest BCUT2D eigenvalue weighted by Gasteiger charge is 2.62. The summed E-state index contributed by atoms with van der Waals surface area (Å²) in [7, 11) is -2.31. The van der Waals surface area contributed by atoms with Crippen LogP contribution in [0.15, 0.2) is 67.3 Å². The van der Waals surface area contributed by atoms with Crippen LogP contribution in [0.2, 0.25) is 0 Å². The molecule has 4 fully saturated rings. The van der Waals surface area contributed by atoms with Gasteiger partial charge in [-0.05, 0) is 62.3 Å². The van der Waals surface area contributed by atoms with E-state index in [4.69, 9.17) is 19.2 Å². The third kappa shape index (κ3) is 8.98. The lowest BCUT2D eigenvalue weighted by atomic mass is 9.88. The number of carbonyl (C=O) groups is 4. The van der Waals surface area contributed by atoms with E-state index in [1.165, 1.54) is 11.0 Å². The molecule has 3 aliphatic carbocycles. The topological polar surface area (TPSA) is 182 Å². The number of benzene rings is 2. The molecule has 1 saturated heterocycles. The molecule has 3 N–H and O–H groups in total. The van der Waals surface area contributed by atoms with E-state index in [-0.39, 0.29) is 37.3 Å². The van der Waals surface area contributed by atoms with Crippen LogP contribution in [0.3, 0.4) is 0 Å². The first kappa shape index (κ1) is 42.3. The van der Waals surface area contributed by atoms with Crippen molar-refractivity contribution in [3.05, 3.63) is 72.8 Å². The highest BCUT2D eigenvalue weighted by atomic mass is 32.2. The van der Waals surface area contributed by atoms with E-state index in [1.54, 1.807) is 7.11 Å². The van der Waals surface area contributed by atoms with Crippen molar-refractivity contribution in [1.29, 1.82) is 0 Å². The van der Waals surface area contributed by atoms with Gasteiger partial charge in [0.15, 0.2) is 0 Å². The largest absolute Gasteiger partial charge is 0.496 e. The molecule has 0 radical (unpaired) electrons. The van der Waals surface area contributed by atoms with Crippen molar-refractivity contribution in [2.45, 2.75) is 107 Å². The molecule has 14 nitrogen and oxygen atoms in total. The predicted molar refractivity (Wildman–Crippen MR) is 230 cm³/mol. The number of carbonyl (C=O) groups excluding carboxylic acids is 4. The maximum Gasteiger partial charge on any atom is 0.407 e. The van der Waals surface area contributed by atoms with Gasteiger partial charge < -0.3 is 29.7 Å². The number of hydrogen-bond acceptors (Lipinski definition) is 10. The number of alkyl carbamates (subject to hydrolysis) is 1. The summed E-state index contributed by atoms with van der Waals surface area (Å²) in [6.07, 6.45) is 9.83. The predicted octanol–water partition coefficient (Wildman–Crippen LogP) is 6.05. The number of methoxy groups -OCH3 is 1. The van der Waals surface area contributed by atoms with Gasteiger partial charge in [-0.3, -0.25) is 19.1 Å². The van der Waals surface area contributed by atoms with E-state index in [1.807, 2.05) is 68.5 Å². The van der Waals surface area contributed by atoms with E-state index >= 15 is 0 Å². The van der Waals surface area contributed by atoms with Gasteiger partial charge >= 0.3 is 6.09 Å². The Morgan fingerprint density at radius 1 is 1.07 bits per heavy atom. The maximum atomic E-state index is 15.0. The van der Waals surface area contributed by atoms with Gasteiger partial charge in [0, 0.05) is 41.0 Å². The van der Waals surface area contributed by atoms with E-state index in [2.05, 4.69) is 28.0 Å². The van der Waals surface area contributed by atoms with Gasteiger partial charge in [-0.25, -0.2) is 18.2 Å². The van der Waals surface area contributed by atoms with Crippen LogP contribution in [0.4, 0.5) is 4.79 Å². The van der Waals surface area contributed by atoms with Crippen LogP contribution in [-0.2, 0) is 29.1 Å². The molecule has 8 rings (SSSR count). The number of pyridine rings is 1. The Kier molecular flexibility index (Phi) is 11.6. The molecule has 3 saturated carbocycles. The second-order valence-corrected chi connectivity index (χ2v) is 20.0. The smallest absolute Gasteiger partial charge is 0.407 e. The molecule has 3 aromatic rings. The molecule has 5 atom stereocenters. The SMILES string of the molecule is C=C[C@@H]1C[C@]1(NC(=O)[C@@H]1C[C@@H]2CN1C(=O)[C@H](C1CCCC1)NC(=O)OCC(C)(C)CC/C=C\c1cc3c(cc(-c4ccccc4)nc3cc1OC)O2)C(=O)NS(=O)(=O)C1CC1. The number of allylic oxidation sites excluding steroid dienone is 1. The normalized spacial score (nSPS) is 27.4. The molecule has 0 spiro atoms. The first-order valence-electron chi connectivity index (χ1n) is 21.4. The third-order valence-electron chi connectivity index (χ3n) is 12.9. The lowest BCUT2D eigenvalue weighted by molar-refractivity contribution is -0.142. The van der Waals surface area contributed by atoms with Crippen molar-refractivity contribution in [2.75, 3.05) is 20.3 Å².